The molecule has 1 saturated heterocycles. The summed E-state index contributed by atoms with van der Waals surface area (Å²) in [5.41, 5.74) is 0.312. The lowest BCUT2D eigenvalue weighted by Crippen LogP contribution is -2.44. The average Bonchev–Trinajstić information content (AvgIpc) is 3.16. The average molecular weight is 326 g/mol. The second-order valence-electron chi connectivity index (χ2n) is 7.79. The third-order valence-electron chi connectivity index (χ3n) is 5.53. The van der Waals surface area contributed by atoms with Gasteiger partial charge >= 0.3 is 0 Å². The number of aliphatic hydroxyl groups is 1. The Morgan fingerprint density at radius 2 is 2.13 bits per heavy atom. The largest absolute Gasteiger partial charge is 0.499 e. The molecule has 0 spiro atoms. The van der Waals surface area contributed by atoms with E-state index in [4.69, 9.17) is 14.2 Å². The summed E-state index contributed by atoms with van der Waals surface area (Å²) in [5, 5.41) is 9.84. The normalized spacial score (nSPS) is 41.4. The first-order chi connectivity index (χ1) is 10.8. The minimum atomic E-state index is -0.379. The Labute approximate surface area is 141 Å². The molecule has 0 amide bonds. The number of hydrogen-bond donors (Lipinski definition) is 1. The maximum Gasteiger partial charge on any atom is 0.161 e. The second-order valence-corrected chi connectivity index (χ2v) is 7.79. The van der Waals surface area contributed by atoms with Gasteiger partial charge in [0.2, 0.25) is 0 Å². The van der Waals surface area contributed by atoms with Crippen LogP contribution in [0.3, 0.4) is 0 Å². The van der Waals surface area contributed by atoms with Crippen LogP contribution in [0.15, 0.2) is 12.3 Å². The molecule has 4 heteroatoms. The van der Waals surface area contributed by atoms with Crippen molar-refractivity contribution in [3.05, 3.63) is 12.3 Å². The molecule has 1 saturated carbocycles. The molecule has 2 rings (SSSR count). The molecule has 1 heterocycles. The second kappa shape index (κ2) is 7.54. The summed E-state index contributed by atoms with van der Waals surface area (Å²) < 4.78 is 17.5. The molecule has 134 valence electrons. The van der Waals surface area contributed by atoms with E-state index in [1.54, 1.807) is 0 Å². The zero-order valence-electron chi connectivity index (χ0n) is 15.4. The van der Waals surface area contributed by atoms with Gasteiger partial charge < -0.3 is 19.3 Å². The van der Waals surface area contributed by atoms with Gasteiger partial charge in [-0.25, -0.2) is 0 Å². The smallest absolute Gasteiger partial charge is 0.161 e. The van der Waals surface area contributed by atoms with E-state index in [1.165, 1.54) is 0 Å². The predicted octanol–water partition coefficient (Wildman–Crippen LogP) is 3.88. The Balaban J connectivity index is 1.73. The van der Waals surface area contributed by atoms with Crippen molar-refractivity contribution in [3.8, 4) is 0 Å². The highest BCUT2D eigenvalue weighted by Crippen LogP contribution is 2.59. The molecule has 0 aromatic carbocycles. The number of rotatable bonds is 8. The van der Waals surface area contributed by atoms with Crippen LogP contribution >= 0.6 is 0 Å². The molecule has 0 aromatic rings. The highest BCUT2D eigenvalue weighted by atomic mass is 16.7. The van der Waals surface area contributed by atoms with Crippen LogP contribution in [0.1, 0.15) is 60.3 Å². The van der Waals surface area contributed by atoms with Crippen LogP contribution in [0.2, 0.25) is 0 Å². The summed E-state index contributed by atoms with van der Waals surface area (Å²) in [6.07, 6.45) is 3.46. The molecule has 1 N–H and O–H groups in total. The van der Waals surface area contributed by atoms with Crippen LogP contribution in [0.4, 0.5) is 0 Å². The van der Waals surface area contributed by atoms with Crippen molar-refractivity contribution in [1.82, 2.24) is 0 Å². The molecule has 0 aromatic heterocycles. The first-order valence-corrected chi connectivity index (χ1v) is 9.07. The summed E-state index contributed by atoms with van der Waals surface area (Å²) in [6.45, 7) is 15.2. The maximum atomic E-state index is 9.84. The van der Waals surface area contributed by atoms with Crippen molar-refractivity contribution >= 4 is 0 Å². The van der Waals surface area contributed by atoms with Crippen LogP contribution in [0.25, 0.3) is 0 Å². The quantitative estimate of drug-likeness (QED) is 0.688. The van der Waals surface area contributed by atoms with Gasteiger partial charge in [-0.2, -0.15) is 0 Å². The van der Waals surface area contributed by atoms with Gasteiger partial charge in [-0.3, -0.25) is 0 Å². The van der Waals surface area contributed by atoms with E-state index in [2.05, 4.69) is 27.4 Å². The van der Waals surface area contributed by atoms with Crippen LogP contribution in [-0.2, 0) is 14.2 Å². The maximum absolute atomic E-state index is 9.84. The van der Waals surface area contributed by atoms with E-state index in [0.717, 1.165) is 31.4 Å². The number of aliphatic hydroxyl groups excluding tert-OH is 1. The first kappa shape index (κ1) is 18.8. The Morgan fingerprint density at radius 3 is 2.78 bits per heavy atom. The molecular weight excluding hydrogens is 292 g/mol. The highest BCUT2D eigenvalue weighted by molar-refractivity contribution is 5.12. The molecule has 7 atom stereocenters. The van der Waals surface area contributed by atoms with E-state index in [-0.39, 0.29) is 30.5 Å². The SMILES string of the molecule is C=C(OCC)[C@H]1C[C@]1(C)CC[C@@H](C)O[C@@H]1O[C@@H](C)[C@H](O)C[C@H]1C. The van der Waals surface area contributed by atoms with Crippen molar-refractivity contribution in [2.24, 2.45) is 17.3 Å². The number of hydrogen-bond acceptors (Lipinski definition) is 4. The van der Waals surface area contributed by atoms with Crippen molar-refractivity contribution in [2.75, 3.05) is 6.61 Å². The lowest BCUT2D eigenvalue weighted by atomic mass is 9.95. The van der Waals surface area contributed by atoms with Gasteiger partial charge in [-0.15, -0.1) is 0 Å². The van der Waals surface area contributed by atoms with Crippen molar-refractivity contribution < 1.29 is 19.3 Å². The first-order valence-electron chi connectivity index (χ1n) is 9.07. The van der Waals surface area contributed by atoms with Gasteiger partial charge in [0.05, 0.1) is 30.7 Å². The van der Waals surface area contributed by atoms with Gasteiger partial charge in [0.15, 0.2) is 6.29 Å². The zero-order chi connectivity index (χ0) is 17.2. The fraction of sp³-hybridized carbons (Fsp3) is 0.895. The Morgan fingerprint density at radius 1 is 1.43 bits per heavy atom. The summed E-state index contributed by atoms with van der Waals surface area (Å²) in [5.74, 6) is 1.66. The van der Waals surface area contributed by atoms with E-state index in [1.807, 2.05) is 13.8 Å². The van der Waals surface area contributed by atoms with Gasteiger partial charge in [0.25, 0.3) is 0 Å². The number of allylic oxidation sites excluding steroid dienone is 1. The summed E-state index contributed by atoms with van der Waals surface area (Å²) >= 11 is 0. The van der Waals surface area contributed by atoms with E-state index in [0.29, 0.717) is 17.9 Å². The molecule has 23 heavy (non-hydrogen) atoms. The molecule has 2 aliphatic rings. The van der Waals surface area contributed by atoms with Crippen LogP contribution < -0.4 is 0 Å². The molecule has 1 aliphatic heterocycles. The lowest BCUT2D eigenvalue weighted by Gasteiger charge is -2.37. The van der Waals surface area contributed by atoms with Crippen LogP contribution in [0.5, 0.6) is 0 Å². The summed E-state index contributed by atoms with van der Waals surface area (Å²) in [7, 11) is 0. The molecular formula is C19H34O4. The minimum absolute atomic E-state index is 0.150. The molecule has 0 unspecified atom stereocenters. The fourth-order valence-electron chi connectivity index (χ4n) is 3.59. The third-order valence-corrected chi connectivity index (χ3v) is 5.53. The van der Waals surface area contributed by atoms with E-state index >= 15 is 0 Å². The van der Waals surface area contributed by atoms with Gasteiger partial charge in [-0.05, 0) is 51.9 Å². The van der Waals surface area contributed by atoms with Crippen LogP contribution in [-0.4, -0.2) is 36.3 Å². The Hall–Kier alpha value is -0.580. The lowest BCUT2D eigenvalue weighted by molar-refractivity contribution is -0.255. The minimum Gasteiger partial charge on any atom is -0.499 e. The molecule has 1 aliphatic carbocycles. The summed E-state index contributed by atoms with van der Waals surface area (Å²) in [4.78, 5) is 0. The fourth-order valence-corrected chi connectivity index (χ4v) is 3.59. The van der Waals surface area contributed by atoms with Crippen molar-refractivity contribution in [2.45, 2.75) is 84.9 Å². The third kappa shape index (κ3) is 4.71. The highest BCUT2D eigenvalue weighted by Gasteiger charge is 2.51. The number of ether oxygens (including phenoxy) is 3. The van der Waals surface area contributed by atoms with E-state index in [9.17, 15) is 5.11 Å². The van der Waals surface area contributed by atoms with E-state index < -0.39 is 0 Å². The molecule has 4 nitrogen and oxygen atoms in total. The van der Waals surface area contributed by atoms with Gasteiger partial charge in [0.1, 0.15) is 0 Å². The van der Waals surface area contributed by atoms with Crippen molar-refractivity contribution in [1.29, 1.82) is 0 Å². The monoisotopic (exact) mass is 326 g/mol. The van der Waals surface area contributed by atoms with Gasteiger partial charge in [-0.1, -0.05) is 20.4 Å². The van der Waals surface area contributed by atoms with Gasteiger partial charge in [0, 0.05) is 11.8 Å². The Bertz CT molecular complexity index is 410. The molecule has 0 bridgehead atoms. The summed E-state index contributed by atoms with van der Waals surface area (Å²) in [6, 6.07) is 0. The standard InChI is InChI=1S/C19H34O4/c1-7-21-14(4)16-11-19(16,6)9-8-13(3)22-18-12(2)10-17(20)15(5)23-18/h12-13,15-18,20H,4,7-11H2,1-3,5-6H3/t12-,13-,15+,16-,17-,18-,19+/m1/s1. The van der Waals surface area contributed by atoms with Crippen molar-refractivity contribution in [3.63, 3.8) is 0 Å². The predicted molar refractivity (Wildman–Crippen MR) is 90.9 cm³/mol. The Kier molecular flexibility index (Phi) is 6.15. The zero-order valence-corrected chi connectivity index (χ0v) is 15.4. The van der Waals surface area contributed by atoms with Crippen LogP contribution in [0, 0.1) is 17.3 Å². The topological polar surface area (TPSA) is 47.9 Å². The molecule has 0 radical (unpaired) electrons. The molecule has 2 fully saturated rings.